The molecule has 0 spiro atoms. The van der Waals surface area contributed by atoms with Crippen molar-refractivity contribution in [2.45, 2.75) is 31.3 Å². The van der Waals surface area contributed by atoms with Crippen molar-refractivity contribution >= 4 is 11.9 Å². The van der Waals surface area contributed by atoms with Crippen LogP contribution in [0.5, 0.6) is 0 Å². The number of carboxylic acid groups (broad SMARTS) is 1. The van der Waals surface area contributed by atoms with E-state index in [2.05, 4.69) is 10.6 Å². The molecule has 0 saturated heterocycles. The highest BCUT2D eigenvalue weighted by molar-refractivity contribution is 5.99. The lowest BCUT2D eigenvalue weighted by molar-refractivity contribution is -0.144. The van der Waals surface area contributed by atoms with Crippen LogP contribution >= 0.6 is 0 Å². The zero-order valence-corrected chi connectivity index (χ0v) is 13.8. The molecule has 5 nitrogen and oxygen atoms in total. The fourth-order valence-corrected chi connectivity index (χ4v) is 3.94. The summed E-state index contributed by atoms with van der Waals surface area (Å²) in [4.78, 5) is 25.0. The summed E-state index contributed by atoms with van der Waals surface area (Å²) in [5.41, 5.74) is 3.44. The molecule has 0 aromatic heterocycles. The Hall–Kier alpha value is -2.66. The van der Waals surface area contributed by atoms with Crippen LogP contribution in [-0.4, -0.2) is 29.1 Å². The number of aliphatic carboxylic acids is 1. The molecule has 3 N–H and O–H groups in total. The maximum Gasteiger partial charge on any atom is 0.330 e. The summed E-state index contributed by atoms with van der Waals surface area (Å²) in [5.74, 6) is -1.28. The second-order valence-electron chi connectivity index (χ2n) is 6.83. The number of nitrogens with one attached hydrogen (secondary N) is 2. The summed E-state index contributed by atoms with van der Waals surface area (Å²) < 4.78 is 0. The molecule has 128 valence electrons. The number of carboxylic acids is 1. The van der Waals surface area contributed by atoms with Crippen LogP contribution < -0.4 is 10.6 Å². The molecule has 1 amide bonds. The van der Waals surface area contributed by atoms with Gasteiger partial charge >= 0.3 is 5.97 Å². The average Bonchev–Trinajstić information content (AvgIpc) is 3.00. The van der Waals surface area contributed by atoms with Crippen LogP contribution in [0.15, 0.2) is 42.5 Å². The third kappa shape index (κ3) is 2.70. The van der Waals surface area contributed by atoms with Crippen molar-refractivity contribution in [1.82, 2.24) is 10.6 Å². The lowest BCUT2D eigenvalue weighted by Crippen LogP contribution is -2.55. The van der Waals surface area contributed by atoms with E-state index in [1.54, 1.807) is 6.07 Å². The highest BCUT2D eigenvalue weighted by Crippen LogP contribution is 2.31. The largest absolute Gasteiger partial charge is 0.479 e. The monoisotopic (exact) mass is 336 g/mol. The Morgan fingerprint density at radius 3 is 2.36 bits per heavy atom. The number of hydrogen-bond acceptors (Lipinski definition) is 3. The zero-order chi connectivity index (χ0) is 17.4. The molecule has 1 aliphatic carbocycles. The first-order valence-corrected chi connectivity index (χ1v) is 8.53. The van der Waals surface area contributed by atoms with Gasteiger partial charge in [0.25, 0.3) is 5.91 Å². The fourth-order valence-electron chi connectivity index (χ4n) is 3.94. The molecule has 0 saturated carbocycles. The third-order valence-corrected chi connectivity index (χ3v) is 5.25. The molecule has 5 heteroatoms. The standard InChI is InChI=1S/C20H20N2O3/c23-18(17-7-3-6-15-12-21-9-8-16(15)17)22-20(19(24)25)10-13-4-1-2-5-14(13)11-20/h1-7,21H,8-12H2,(H,22,23)(H,24,25). The third-order valence-electron chi connectivity index (χ3n) is 5.25. The van der Waals surface area contributed by atoms with Gasteiger partial charge in [-0.3, -0.25) is 4.79 Å². The fraction of sp³-hybridized carbons (Fsp3) is 0.300. The van der Waals surface area contributed by atoms with Crippen LogP contribution in [0, 0.1) is 0 Å². The predicted octanol–water partition coefficient (Wildman–Crippen LogP) is 1.68. The summed E-state index contributed by atoms with van der Waals surface area (Å²) in [5, 5.41) is 16.0. The van der Waals surface area contributed by atoms with Gasteiger partial charge in [-0.2, -0.15) is 0 Å². The minimum absolute atomic E-state index is 0.297. The van der Waals surface area contributed by atoms with Gasteiger partial charge < -0.3 is 15.7 Å². The number of benzene rings is 2. The zero-order valence-electron chi connectivity index (χ0n) is 13.8. The van der Waals surface area contributed by atoms with Gasteiger partial charge in [0.05, 0.1) is 0 Å². The molecule has 0 unspecified atom stereocenters. The Kier molecular flexibility index (Phi) is 3.81. The highest BCUT2D eigenvalue weighted by Gasteiger charge is 2.45. The number of carbonyl (C=O) groups is 2. The summed E-state index contributed by atoms with van der Waals surface area (Å²) in [6, 6.07) is 13.3. The summed E-state index contributed by atoms with van der Waals surface area (Å²) in [7, 11) is 0. The molecule has 4 rings (SSSR count). The predicted molar refractivity (Wildman–Crippen MR) is 93.5 cm³/mol. The first kappa shape index (κ1) is 15.8. The maximum atomic E-state index is 12.9. The molecular weight excluding hydrogens is 316 g/mol. The number of carbonyl (C=O) groups excluding carboxylic acids is 1. The lowest BCUT2D eigenvalue weighted by atomic mass is 9.92. The van der Waals surface area contributed by atoms with E-state index >= 15 is 0 Å². The van der Waals surface area contributed by atoms with E-state index in [9.17, 15) is 14.7 Å². The van der Waals surface area contributed by atoms with Gasteiger partial charge in [-0.05, 0) is 41.3 Å². The molecular formula is C20H20N2O3. The molecule has 2 aliphatic rings. The molecule has 0 bridgehead atoms. The topological polar surface area (TPSA) is 78.4 Å². The van der Waals surface area contributed by atoms with Crippen molar-refractivity contribution in [1.29, 1.82) is 0 Å². The molecule has 1 heterocycles. The van der Waals surface area contributed by atoms with Crippen molar-refractivity contribution in [2.75, 3.05) is 6.54 Å². The Bertz CT molecular complexity index is 835. The van der Waals surface area contributed by atoms with Crippen LogP contribution in [-0.2, 0) is 30.6 Å². The Labute approximate surface area is 146 Å². The van der Waals surface area contributed by atoms with E-state index in [1.807, 2.05) is 36.4 Å². The van der Waals surface area contributed by atoms with Gasteiger partial charge in [-0.15, -0.1) is 0 Å². The molecule has 2 aromatic rings. The SMILES string of the molecule is O=C(NC1(C(=O)O)Cc2ccccc2C1)c1cccc2c1CCNC2. The van der Waals surface area contributed by atoms with Crippen LogP contribution in [0.1, 0.15) is 32.6 Å². The second-order valence-corrected chi connectivity index (χ2v) is 6.83. The molecule has 0 atom stereocenters. The Morgan fingerprint density at radius 1 is 1.00 bits per heavy atom. The van der Waals surface area contributed by atoms with Gasteiger partial charge in [-0.25, -0.2) is 4.79 Å². The number of rotatable bonds is 3. The first-order chi connectivity index (χ1) is 12.1. The van der Waals surface area contributed by atoms with Gasteiger partial charge in [0.15, 0.2) is 0 Å². The number of hydrogen-bond donors (Lipinski definition) is 3. The minimum Gasteiger partial charge on any atom is -0.479 e. The Balaban J connectivity index is 1.65. The van der Waals surface area contributed by atoms with Crippen molar-refractivity contribution in [3.05, 3.63) is 70.3 Å². The number of fused-ring (bicyclic) bond motifs is 2. The normalized spacial score (nSPS) is 17.4. The van der Waals surface area contributed by atoms with Crippen molar-refractivity contribution in [2.24, 2.45) is 0 Å². The van der Waals surface area contributed by atoms with E-state index in [0.717, 1.165) is 41.8 Å². The van der Waals surface area contributed by atoms with E-state index in [-0.39, 0.29) is 5.91 Å². The summed E-state index contributed by atoms with van der Waals surface area (Å²) >= 11 is 0. The van der Waals surface area contributed by atoms with Crippen LogP contribution in [0.3, 0.4) is 0 Å². The first-order valence-electron chi connectivity index (χ1n) is 8.53. The quantitative estimate of drug-likeness (QED) is 0.797. The lowest BCUT2D eigenvalue weighted by Gasteiger charge is -2.27. The molecule has 0 radical (unpaired) electrons. The van der Waals surface area contributed by atoms with Crippen LogP contribution in [0.2, 0.25) is 0 Å². The number of amides is 1. The van der Waals surface area contributed by atoms with Crippen molar-refractivity contribution in [3.8, 4) is 0 Å². The van der Waals surface area contributed by atoms with Crippen molar-refractivity contribution in [3.63, 3.8) is 0 Å². The van der Waals surface area contributed by atoms with Crippen LogP contribution in [0.25, 0.3) is 0 Å². The average molecular weight is 336 g/mol. The van der Waals surface area contributed by atoms with Gasteiger partial charge in [0.2, 0.25) is 0 Å². The summed E-state index contributed by atoms with van der Waals surface area (Å²) in [6.07, 6.45) is 1.42. The molecule has 0 fully saturated rings. The van der Waals surface area contributed by atoms with Gasteiger partial charge in [0.1, 0.15) is 5.54 Å². The summed E-state index contributed by atoms with van der Waals surface area (Å²) in [6.45, 7) is 1.57. The molecule has 25 heavy (non-hydrogen) atoms. The van der Waals surface area contributed by atoms with E-state index in [0.29, 0.717) is 18.4 Å². The van der Waals surface area contributed by atoms with E-state index in [4.69, 9.17) is 0 Å². The second kappa shape index (κ2) is 6.01. The van der Waals surface area contributed by atoms with Gasteiger partial charge in [-0.1, -0.05) is 36.4 Å². The van der Waals surface area contributed by atoms with E-state index in [1.165, 1.54) is 0 Å². The molecule has 1 aliphatic heterocycles. The Morgan fingerprint density at radius 2 is 1.68 bits per heavy atom. The van der Waals surface area contributed by atoms with E-state index < -0.39 is 11.5 Å². The minimum atomic E-state index is -1.27. The highest BCUT2D eigenvalue weighted by atomic mass is 16.4. The van der Waals surface area contributed by atoms with Crippen LogP contribution in [0.4, 0.5) is 0 Å². The van der Waals surface area contributed by atoms with Gasteiger partial charge in [0, 0.05) is 24.9 Å². The maximum absolute atomic E-state index is 12.9. The smallest absolute Gasteiger partial charge is 0.330 e. The van der Waals surface area contributed by atoms with Crippen molar-refractivity contribution < 1.29 is 14.7 Å². The molecule has 2 aromatic carbocycles.